The van der Waals surface area contributed by atoms with Crippen LogP contribution in [0.4, 0.5) is 5.69 Å². The Kier molecular flexibility index (Phi) is 8.65. The number of carbonyl (C=O) groups is 3. The molecule has 0 spiro atoms. The summed E-state index contributed by atoms with van der Waals surface area (Å²) in [7, 11) is 0. The number of aromatic nitrogens is 1. The SMILES string of the molecule is O=C(CCN(C(=O)c1cncc(Cl)c1)c1ccccc1)NCCOC(=O)C1NCCc2ccccc21. The second-order valence-corrected chi connectivity index (χ2v) is 8.72. The molecule has 186 valence electrons. The van der Waals surface area contributed by atoms with E-state index in [9.17, 15) is 14.4 Å². The van der Waals surface area contributed by atoms with Crippen molar-refractivity contribution in [3.05, 3.63) is 94.8 Å². The van der Waals surface area contributed by atoms with Gasteiger partial charge in [-0.3, -0.25) is 14.6 Å². The number of nitrogens with zero attached hydrogens (tertiary/aromatic N) is 2. The van der Waals surface area contributed by atoms with Crippen LogP contribution in [0.15, 0.2) is 73.1 Å². The summed E-state index contributed by atoms with van der Waals surface area (Å²) < 4.78 is 5.39. The number of hydrogen-bond donors (Lipinski definition) is 2. The molecule has 2 aromatic carbocycles. The number of carbonyl (C=O) groups excluding carboxylic acids is 3. The molecule has 0 radical (unpaired) electrons. The lowest BCUT2D eigenvalue weighted by atomic mass is 9.94. The molecule has 0 aliphatic carbocycles. The molecule has 0 bridgehead atoms. The van der Waals surface area contributed by atoms with E-state index in [1.807, 2.05) is 42.5 Å². The topological polar surface area (TPSA) is 101 Å². The minimum Gasteiger partial charge on any atom is -0.462 e. The smallest absolute Gasteiger partial charge is 0.327 e. The largest absolute Gasteiger partial charge is 0.462 e. The van der Waals surface area contributed by atoms with Gasteiger partial charge in [-0.25, -0.2) is 4.79 Å². The number of pyridine rings is 1. The first-order chi connectivity index (χ1) is 17.5. The lowest BCUT2D eigenvalue weighted by Gasteiger charge is -2.25. The highest BCUT2D eigenvalue weighted by molar-refractivity contribution is 6.30. The molecular formula is C27H27ClN4O4. The van der Waals surface area contributed by atoms with E-state index >= 15 is 0 Å². The van der Waals surface area contributed by atoms with Crippen LogP contribution in [-0.4, -0.2) is 49.0 Å². The highest BCUT2D eigenvalue weighted by atomic mass is 35.5. The summed E-state index contributed by atoms with van der Waals surface area (Å²) in [5, 5.41) is 6.29. The van der Waals surface area contributed by atoms with Gasteiger partial charge in [0.1, 0.15) is 12.6 Å². The first-order valence-corrected chi connectivity index (χ1v) is 12.1. The summed E-state index contributed by atoms with van der Waals surface area (Å²) in [6.45, 7) is 1.09. The molecular weight excluding hydrogens is 480 g/mol. The van der Waals surface area contributed by atoms with Crippen LogP contribution in [0.2, 0.25) is 5.02 Å². The number of benzene rings is 2. The maximum absolute atomic E-state index is 13.1. The van der Waals surface area contributed by atoms with Crippen molar-refractivity contribution in [2.45, 2.75) is 18.9 Å². The van der Waals surface area contributed by atoms with Crippen molar-refractivity contribution in [2.75, 3.05) is 31.1 Å². The van der Waals surface area contributed by atoms with Gasteiger partial charge in [0.2, 0.25) is 5.91 Å². The Labute approximate surface area is 214 Å². The van der Waals surface area contributed by atoms with Crippen molar-refractivity contribution in [3.63, 3.8) is 0 Å². The van der Waals surface area contributed by atoms with Gasteiger partial charge in [-0.05, 0) is 35.7 Å². The Hall–Kier alpha value is -3.75. The third kappa shape index (κ3) is 6.47. The zero-order valence-corrected chi connectivity index (χ0v) is 20.4. The van der Waals surface area contributed by atoms with E-state index in [1.54, 1.807) is 18.2 Å². The van der Waals surface area contributed by atoms with E-state index in [2.05, 4.69) is 15.6 Å². The minimum absolute atomic E-state index is 0.0560. The first-order valence-electron chi connectivity index (χ1n) is 11.7. The maximum atomic E-state index is 13.1. The Balaban J connectivity index is 1.27. The predicted molar refractivity (Wildman–Crippen MR) is 137 cm³/mol. The Morgan fingerprint density at radius 2 is 1.86 bits per heavy atom. The summed E-state index contributed by atoms with van der Waals surface area (Å²) in [4.78, 5) is 43.6. The molecule has 9 heteroatoms. The van der Waals surface area contributed by atoms with E-state index in [-0.39, 0.29) is 43.9 Å². The Bertz CT molecular complexity index is 1220. The number of anilines is 1. The fourth-order valence-electron chi connectivity index (χ4n) is 4.08. The number of rotatable bonds is 9. The second kappa shape index (κ2) is 12.3. The lowest BCUT2D eigenvalue weighted by Crippen LogP contribution is -2.38. The van der Waals surface area contributed by atoms with Crippen LogP contribution in [0.1, 0.15) is 33.9 Å². The third-order valence-corrected chi connectivity index (χ3v) is 6.05. The number of fused-ring (bicyclic) bond motifs is 1. The first kappa shape index (κ1) is 25.3. The van der Waals surface area contributed by atoms with Crippen LogP contribution in [-0.2, 0) is 20.7 Å². The average Bonchev–Trinajstić information content (AvgIpc) is 2.91. The highest BCUT2D eigenvalue weighted by Gasteiger charge is 2.27. The molecule has 1 unspecified atom stereocenters. The molecule has 1 aliphatic heterocycles. The third-order valence-electron chi connectivity index (χ3n) is 5.84. The van der Waals surface area contributed by atoms with Crippen LogP contribution in [0, 0.1) is 0 Å². The number of nitrogens with one attached hydrogen (secondary N) is 2. The zero-order chi connectivity index (χ0) is 25.3. The van der Waals surface area contributed by atoms with Crippen molar-refractivity contribution in [1.82, 2.24) is 15.6 Å². The molecule has 1 aliphatic rings. The summed E-state index contributed by atoms with van der Waals surface area (Å²) in [6.07, 6.45) is 3.83. The normalized spacial score (nSPS) is 14.4. The summed E-state index contributed by atoms with van der Waals surface area (Å²) >= 11 is 6.00. The Morgan fingerprint density at radius 3 is 2.67 bits per heavy atom. The van der Waals surface area contributed by atoms with Gasteiger partial charge in [0, 0.05) is 37.6 Å². The summed E-state index contributed by atoms with van der Waals surface area (Å²) in [6, 6.07) is 17.9. The van der Waals surface area contributed by atoms with Gasteiger partial charge in [0.15, 0.2) is 0 Å². The molecule has 4 rings (SSSR count). The highest BCUT2D eigenvalue weighted by Crippen LogP contribution is 2.23. The Morgan fingerprint density at radius 1 is 1.08 bits per heavy atom. The quantitative estimate of drug-likeness (QED) is 0.341. The number of amides is 2. The van der Waals surface area contributed by atoms with Gasteiger partial charge in [0.05, 0.1) is 17.1 Å². The fourth-order valence-corrected chi connectivity index (χ4v) is 4.26. The van der Waals surface area contributed by atoms with Crippen LogP contribution in [0.3, 0.4) is 0 Å². The molecule has 0 saturated heterocycles. The molecule has 3 aromatic rings. The number of para-hydroxylation sites is 1. The van der Waals surface area contributed by atoms with Crippen LogP contribution >= 0.6 is 11.6 Å². The minimum atomic E-state index is -0.503. The monoisotopic (exact) mass is 506 g/mol. The van der Waals surface area contributed by atoms with Crippen LogP contribution < -0.4 is 15.5 Å². The molecule has 1 aromatic heterocycles. The molecule has 1 atom stereocenters. The van der Waals surface area contributed by atoms with E-state index in [0.717, 1.165) is 17.5 Å². The van der Waals surface area contributed by atoms with Crippen LogP contribution in [0.5, 0.6) is 0 Å². The van der Waals surface area contributed by atoms with Gasteiger partial charge in [0.25, 0.3) is 5.91 Å². The molecule has 0 saturated carbocycles. The molecule has 2 N–H and O–H groups in total. The maximum Gasteiger partial charge on any atom is 0.327 e. The molecule has 2 heterocycles. The number of hydrogen-bond acceptors (Lipinski definition) is 6. The molecule has 0 fully saturated rings. The van der Waals surface area contributed by atoms with Crippen molar-refractivity contribution in [1.29, 1.82) is 0 Å². The van der Waals surface area contributed by atoms with E-state index in [4.69, 9.17) is 16.3 Å². The lowest BCUT2D eigenvalue weighted by molar-refractivity contribution is -0.146. The van der Waals surface area contributed by atoms with E-state index in [0.29, 0.717) is 22.8 Å². The van der Waals surface area contributed by atoms with Gasteiger partial charge < -0.3 is 20.3 Å². The van der Waals surface area contributed by atoms with Crippen molar-refractivity contribution in [3.8, 4) is 0 Å². The average molecular weight is 507 g/mol. The summed E-state index contributed by atoms with van der Waals surface area (Å²) in [5.74, 6) is -0.935. The number of halogens is 1. The van der Waals surface area contributed by atoms with Gasteiger partial charge in [-0.15, -0.1) is 0 Å². The zero-order valence-electron chi connectivity index (χ0n) is 19.7. The van der Waals surface area contributed by atoms with Gasteiger partial charge in [-0.1, -0.05) is 54.1 Å². The van der Waals surface area contributed by atoms with Gasteiger partial charge >= 0.3 is 5.97 Å². The standard InChI is InChI=1S/C27H27ClN4O4/c28-21-16-20(17-29-18-21)26(34)32(22-7-2-1-3-8-22)14-11-24(33)30-13-15-36-27(35)25-23-9-5-4-6-19(23)10-12-31-25/h1-9,16-18,25,31H,10-15H2,(H,30,33). The molecule has 36 heavy (non-hydrogen) atoms. The number of esters is 1. The second-order valence-electron chi connectivity index (χ2n) is 8.29. The molecule has 2 amide bonds. The molecule has 8 nitrogen and oxygen atoms in total. The van der Waals surface area contributed by atoms with Crippen molar-refractivity contribution >= 4 is 35.1 Å². The van der Waals surface area contributed by atoms with Crippen LogP contribution in [0.25, 0.3) is 0 Å². The summed E-state index contributed by atoms with van der Waals surface area (Å²) in [5.41, 5.74) is 3.05. The van der Waals surface area contributed by atoms with E-state index in [1.165, 1.54) is 17.3 Å². The van der Waals surface area contributed by atoms with E-state index < -0.39 is 6.04 Å². The fraction of sp³-hybridized carbons (Fsp3) is 0.259. The predicted octanol–water partition coefficient (Wildman–Crippen LogP) is 3.32. The van der Waals surface area contributed by atoms with Gasteiger partial charge in [-0.2, -0.15) is 0 Å². The number of ether oxygens (including phenoxy) is 1. The van der Waals surface area contributed by atoms with Crippen molar-refractivity contribution < 1.29 is 19.1 Å². The van der Waals surface area contributed by atoms with Crippen molar-refractivity contribution in [2.24, 2.45) is 0 Å².